The monoisotopic (exact) mass is 464 g/mol. The van der Waals surface area contributed by atoms with Crippen LogP contribution in [0, 0.1) is 23.5 Å². The molecule has 2 N–H and O–H groups in total. The van der Waals surface area contributed by atoms with Crippen molar-refractivity contribution in [1.29, 1.82) is 0 Å². The van der Waals surface area contributed by atoms with Crippen molar-refractivity contribution in [1.82, 2.24) is 4.90 Å². The van der Waals surface area contributed by atoms with Gasteiger partial charge in [-0.1, -0.05) is 30.0 Å². The van der Waals surface area contributed by atoms with E-state index in [0.29, 0.717) is 16.0 Å². The molecule has 1 fully saturated rings. The number of hydrogen-bond donors (Lipinski definition) is 1. The quantitative estimate of drug-likeness (QED) is 0.543. The van der Waals surface area contributed by atoms with E-state index in [4.69, 9.17) is 5.73 Å². The van der Waals surface area contributed by atoms with Gasteiger partial charge in [0.2, 0.25) is 5.91 Å². The third kappa shape index (κ3) is 4.84. The number of nitrogens with zero attached hydrogens (tertiary/aromatic N) is 3. The second-order valence-corrected chi connectivity index (χ2v) is 8.42. The fourth-order valence-corrected chi connectivity index (χ4v) is 3.58. The molecule has 34 heavy (non-hydrogen) atoms. The highest BCUT2D eigenvalue weighted by Crippen LogP contribution is 2.36. The van der Waals surface area contributed by atoms with Crippen molar-refractivity contribution in [2.75, 3.05) is 11.9 Å². The van der Waals surface area contributed by atoms with Crippen molar-refractivity contribution in [2.24, 2.45) is 10.7 Å². The summed E-state index contributed by atoms with van der Waals surface area (Å²) < 4.78 is 30.0. The Bertz CT molecular complexity index is 1210. The Hall–Kier alpha value is -3.99. The van der Waals surface area contributed by atoms with Crippen molar-refractivity contribution >= 4 is 23.8 Å². The Morgan fingerprint density at radius 1 is 1.12 bits per heavy atom. The van der Waals surface area contributed by atoms with Gasteiger partial charge in [0.15, 0.2) is 11.6 Å². The van der Waals surface area contributed by atoms with Gasteiger partial charge in [0.25, 0.3) is 0 Å². The van der Waals surface area contributed by atoms with E-state index in [1.54, 1.807) is 31.2 Å². The molecular weight excluding hydrogens is 438 g/mol. The van der Waals surface area contributed by atoms with Crippen LogP contribution in [0.2, 0.25) is 0 Å². The molecule has 1 atom stereocenters. The highest BCUT2D eigenvalue weighted by atomic mass is 19.1. The van der Waals surface area contributed by atoms with Crippen molar-refractivity contribution in [2.45, 2.75) is 38.8 Å². The van der Waals surface area contributed by atoms with Gasteiger partial charge in [-0.15, -0.1) is 0 Å². The molecule has 3 rings (SSSR count). The van der Waals surface area contributed by atoms with Gasteiger partial charge in [-0.25, -0.2) is 18.5 Å². The van der Waals surface area contributed by atoms with Crippen LogP contribution in [0.15, 0.2) is 59.2 Å². The van der Waals surface area contributed by atoms with E-state index in [1.807, 2.05) is 19.9 Å². The van der Waals surface area contributed by atoms with Crippen LogP contribution >= 0.6 is 0 Å². The van der Waals surface area contributed by atoms with Gasteiger partial charge < -0.3 is 10.6 Å². The Labute approximate surface area is 197 Å². The lowest BCUT2D eigenvalue weighted by Gasteiger charge is -2.46. The minimum atomic E-state index is -1.13. The molecule has 6 nitrogen and oxygen atoms in total. The lowest BCUT2D eigenvalue weighted by molar-refractivity contribution is -0.121. The maximum atomic E-state index is 15.0. The van der Waals surface area contributed by atoms with E-state index in [9.17, 15) is 18.4 Å². The first-order chi connectivity index (χ1) is 16.1. The van der Waals surface area contributed by atoms with Crippen molar-refractivity contribution < 1.29 is 18.4 Å². The lowest BCUT2D eigenvalue weighted by atomic mass is 9.85. The van der Waals surface area contributed by atoms with Crippen LogP contribution in [-0.4, -0.2) is 41.7 Å². The summed E-state index contributed by atoms with van der Waals surface area (Å²) in [6, 6.07) is 10.1. The minimum absolute atomic E-state index is 0.0259. The summed E-state index contributed by atoms with van der Waals surface area (Å²) in [5.41, 5.74) is 5.10. The molecule has 0 saturated carbocycles. The molecule has 0 aliphatic carbocycles. The number of nitrogens with two attached hydrogens (primary N) is 1. The van der Waals surface area contributed by atoms with Crippen molar-refractivity contribution in [3.05, 3.63) is 77.0 Å². The van der Waals surface area contributed by atoms with Gasteiger partial charge in [-0.3, -0.25) is 9.79 Å². The molecule has 1 saturated heterocycles. The maximum Gasteiger partial charge on any atom is 0.332 e. The van der Waals surface area contributed by atoms with Gasteiger partial charge >= 0.3 is 6.03 Å². The first-order valence-electron chi connectivity index (χ1n) is 10.7. The number of aliphatic imine (C=N–C) groups is 1. The summed E-state index contributed by atoms with van der Waals surface area (Å²) in [7, 11) is 1.45. The summed E-state index contributed by atoms with van der Waals surface area (Å²) in [6.45, 7) is 5.39. The summed E-state index contributed by atoms with van der Waals surface area (Å²) in [6.07, 6.45) is 2.55. The third-order valence-electron chi connectivity index (χ3n) is 5.64. The van der Waals surface area contributed by atoms with E-state index < -0.39 is 34.8 Å². The number of amides is 3. The predicted molar refractivity (Wildman–Crippen MR) is 128 cm³/mol. The summed E-state index contributed by atoms with van der Waals surface area (Å²) >= 11 is 0. The molecule has 1 aliphatic heterocycles. The average molecular weight is 465 g/mol. The number of carbonyl (C=O) groups is 2. The van der Waals surface area contributed by atoms with Crippen molar-refractivity contribution in [3.8, 4) is 11.8 Å². The molecule has 0 spiro atoms. The topological polar surface area (TPSA) is 79.0 Å². The zero-order chi connectivity index (χ0) is 25.0. The molecule has 2 aromatic carbocycles. The van der Waals surface area contributed by atoms with Crippen LogP contribution in [-0.2, 0) is 4.79 Å². The number of hydrogen-bond acceptors (Lipinski definition) is 4. The molecule has 2 aromatic rings. The predicted octanol–water partition coefficient (Wildman–Crippen LogP) is 4.23. The molecule has 1 aliphatic rings. The molecule has 1 heterocycles. The zero-order valence-electron chi connectivity index (χ0n) is 19.5. The van der Waals surface area contributed by atoms with Crippen LogP contribution in [0.5, 0.6) is 0 Å². The number of carbonyl (C=O) groups excluding carboxylic acids is 2. The Balaban J connectivity index is 1.95. The van der Waals surface area contributed by atoms with Crippen LogP contribution in [0.1, 0.15) is 38.3 Å². The highest BCUT2D eigenvalue weighted by Gasteiger charge is 2.48. The number of imide groups is 1. The Kier molecular flexibility index (Phi) is 7.16. The fourth-order valence-electron chi connectivity index (χ4n) is 3.58. The number of benzene rings is 2. The van der Waals surface area contributed by atoms with E-state index in [2.05, 4.69) is 16.8 Å². The summed E-state index contributed by atoms with van der Waals surface area (Å²) in [5, 5.41) is 0. The standard InChI is InChI=1S/C26H26F2N4O2/c1-17(2)30-16-20(15-29)26(3)14-23(33)32(25(34)31(26)4)24-21(27)12-19(13-22(24)28)11-10-18-8-6-5-7-9-18/h5-9,12-13,15-17H,14,29H2,1-4H3/t26-/m0/s1. The molecule has 3 amide bonds. The van der Waals surface area contributed by atoms with Crippen LogP contribution in [0.3, 0.4) is 0 Å². The van der Waals surface area contributed by atoms with Gasteiger partial charge in [-0.05, 0) is 45.0 Å². The maximum absolute atomic E-state index is 15.0. The molecular formula is C26H26F2N4O2. The van der Waals surface area contributed by atoms with Gasteiger partial charge in [0.05, 0.1) is 12.0 Å². The lowest BCUT2D eigenvalue weighted by Crippen LogP contribution is -2.62. The second-order valence-electron chi connectivity index (χ2n) is 8.42. The number of urea groups is 1. The molecule has 8 heteroatoms. The van der Waals surface area contributed by atoms with Crippen molar-refractivity contribution in [3.63, 3.8) is 0 Å². The summed E-state index contributed by atoms with van der Waals surface area (Å²) in [5.74, 6) is 2.63. The number of rotatable bonds is 4. The summed E-state index contributed by atoms with van der Waals surface area (Å²) in [4.78, 5) is 32.2. The second kappa shape index (κ2) is 9.87. The normalized spacial score (nSPS) is 19.1. The molecule has 176 valence electrons. The van der Waals surface area contributed by atoms with Gasteiger partial charge in [0, 0.05) is 42.2 Å². The molecule has 0 unspecified atom stereocenters. The number of likely N-dealkylation sites (N-methyl/N-ethyl adjacent to an activating group) is 1. The zero-order valence-corrected chi connectivity index (χ0v) is 19.5. The third-order valence-corrected chi connectivity index (χ3v) is 5.64. The highest BCUT2D eigenvalue weighted by molar-refractivity contribution is 6.17. The van der Waals surface area contributed by atoms with Gasteiger partial charge in [0.1, 0.15) is 5.69 Å². The first-order valence-corrected chi connectivity index (χ1v) is 10.7. The minimum Gasteiger partial charge on any atom is -0.404 e. The number of anilines is 1. The van der Waals surface area contributed by atoms with Crippen LogP contribution in [0.4, 0.5) is 19.3 Å². The largest absolute Gasteiger partial charge is 0.404 e. The van der Waals surface area contributed by atoms with Crippen LogP contribution in [0.25, 0.3) is 0 Å². The van der Waals surface area contributed by atoms with E-state index in [1.165, 1.54) is 24.4 Å². The number of halogens is 2. The first kappa shape index (κ1) is 24.6. The van der Waals surface area contributed by atoms with Crippen LogP contribution < -0.4 is 10.6 Å². The Morgan fingerprint density at radius 2 is 1.71 bits per heavy atom. The van der Waals surface area contributed by atoms with E-state index >= 15 is 0 Å². The average Bonchev–Trinajstić information content (AvgIpc) is 2.79. The fraction of sp³-hybridized carbons (Fsp3) is 0.269. The van der Waals surface area contributed by atoms with E-state index in [-0.39, 0.29) is 18.0 Å². The van der Waals surface area contributed by atoms with E-state index in [0.717, 1.165) is 12.1 Å². The smallest absolute Gasteiger partial charge is 0.332 e. The molecule has 0 radical (unpaired) electrons. The van der Waals surface area contributed by atoms with Gasteiger partial charge in [-0.2, -0.15) is 0 Å². The molecule has 0 bridgehead atoms. The Morgan fingerprint density at radius 3 is 2.26 bits per heavy atom. The molecule has 0 aromatic heterocycles. The SMILES string of the molecule is CC(C)N=CC(=CN)[C@]1(C)CC(=O)N(c2c(F)cc(C#Cc3ccccc3)cc2F)C(=O)N1C.